The maximum Gasteiger partial charge on any atom is 0.335 e. The first kappa shape index (κ1) is 22.6. The number of aromatic hydroxyl groups is 1. The topological polar surface area (TPSA) is 90.6 Å². The molecule has 2 aromatic heterocycles. The molecule has 0 spiro atoms. The van der Waals surface area contributed by atoms with E-state index in [9.17, 15) is 15.0 Å². The van der Waals surface area contributed by atoms with Crippen molar-refractivity contribution < 1.29 is 15.0 Å². The van der Waals surface area contributed by atoms with Gasteiger partial charge in [0, 0.05) is 29.0 Å². The number of benzene rings is 2. The summed E-state index contributed by atoms with van der Waals surface area (Å²) in [5.41, 5.74) is 5.97. The van der Waals surface area contributed by atoms with Gasteiger partial charge >= 0.3 is 5.97 Å². The molecule has 35 heavy (non-hydrogen) atoms. The quantitative estimate of drug-likeness (QED) is 0.341. The van der Waals surface area contributed by atoms with Crippen LogP contribution in [0.4, 0.5) is 5.69 Å². The van der Waals surface area contributed by atoms with Gasteiger partial charge in [0.05, 0.1) is 23.3 Å². The minimum atomic E-state index is -0.952. The lowest BCUT2D eigenvalue weighted by Gasteiger charge is -2.28. The highest BCUT2D eigenvalue weighted by atomic mass is 32.1. The van der Waals surface area contributed by atoms with E-state index in [4.69, 9.17) is 12.2 Å². The summed E-state index contributed by atoms with van der Waals surface area (Å²) in [6, 6.07) is 21.4. The molecule has 0 saturated carbocycles. The first-order chi connectivity index (χ1) is 16.8. The van der Waals surface area contributed by atoms with E-state index < -0.39 is 5.97 Å². The third kappa shape index (κ3) is 4.02. The molecule has 0 radical (unpaired) electrons. The lowest BCUT2D eigenvalue weighted by atomic mass is 9.96. The summed E-state index contributed by atoms with van der Waals surface area (Å²) >= 11 is 5.79. The van der Waals surface area contributed by atoms with Gasteiger partial charge in [-0.3, -0.25) is 4.98 Å². The van der Waals surface area contributed by atoms with E-state index in [1.807, 2.05) is 49.4 Å². The molecule has 1 saturated heterocycles. The van der Waals surface area contributed by atoms with Crippen molar-refractivity contribution in [3.05, 3.63) is 107 Å². The number of rotatable bonds is 5. The molecule has 0 bridgehead atoms. The van der Waals surface area contributed by atoms with E-state index in [1.54, 1.807) is 30.5 Å². The number of carbonyl (C=O) groups is 1. The average molecular weight is 485 g/mol. The van der Waals surface area contributed by atoms with Crippen molar-refractivity contribution >= 4 is 29.0 Å². The summed E-state index contributed by atoms with van der Waals surface area (Å²) in [5.74, 6) is -0.765. The third-order valence-corrected chi connectivity index (χ3v) is 6.70. The highest BCUT2D eigenvalue weighted by Gasteiger charge is 2.42. The molecule has 3 N–H and O–H groups in total. The van der Waals surface area contributed by atoms with Crippen molar-refractivity contribution in [3.63, 3.8) is 0 Å². The van der Waals surface area contributed by atoms with Gasteiger partial charge in [0.25, 0.3) is 0 Å². The van der Waals surface area contributed by atoms with E-state index in [1.165, 1.54) is 0 Å². The normalized spacial score (nSPS) is 17.4. The average Bonchev–Trinajstić information content (AvgIpc) is 3.35. The number of carboxylic acids is 1. The van der Waals surface area contributed by atoms with E-state index in [-0.39, 0.29) is 23.4 Å². The molecule has 2 atom stereocenters. The zero-order valence-corrected chi connectivity index (χ0v) is 20.0. The zero-order chi connectivity index (χ0) is 24.7. The van der Waals surface area contributed by atoms with Crippen molar-refractivity contribution in [2.24, 2.45) is 0 Å². The Morgan fingerprint density at radius 1 is 1.00 bits per heavy atom. The van der Waals surface area contributed by atoms with Crippen molar-refractivity contribution in [3.8, 4) is 11.4 Å². The predicted octanol–water partition coefficient (Wildman–Crippen LogP) is 5.07. The van der Waals surface area contributed by atoms with Gasteiger partial charge in [-0.05, 0) is 98.4 Å². The Morgan fingerprint density at radius 3 is 2.31 bits per heavy atom. The van der Waals surface area contributed by atoms with Crippen LogP contribution in [0, 0.1) is 13.8 Å². The maximum atomic E-state index is 11.3. The molecule has 1 aliphatic rings. The number of nitrogens with zero attached hydrogens (tertiary/aromatic N) is 3. The number of nitrogens with one attached hydrogen (secondary N) is 1. The fourth-order valence-electron chi connectivity index (χ4n) is 4.80. The van der Waals surface area contributed by atoms with Crippen LogP contribution >= 0.6 is 12.2 Å². The number of hydrogen-bond acceptors (Lipinski definition) is 4. The summed E-state index contributed by atoms with van der Waals surface area (Å²) in [7, 11) is 0. The molecule has 0 unspecified atom stereocenters. The number of carboxylic acid groups (broad SMARTS) is 1. The maximum absolute atomic E-state index is 11.3. The fraction of sp³-hybridized carbons (Fsp3) is 0.148. The molecule has 7 nitrogen and oxygen atoms in total. The van der Waals surface area contributed by atoms with Gasteiger partial charge < -0.3 is 25.0 Å². The molecule has 1 aliphatic heterocycles. The predicted molar refractivity (Wildman–Crippen MR) is 138 cm³/mol. The Labute approximate surface area is 208 Å². The van der Waals surface area contributed by atoms with Crippen LogP contribution in [0.25, 0.3) is 5.69 Å². The molecule has 3 heterocycles. The molecule has 0 aliphatic carbocycles. The van der Waals surface area contributed by atoms with Crippen LogP contribution in [-0.4, -0.2) is 30.8 Å². The zero-order valence-electron chi connectivity index (χ0n) is 19.2. The summed E-state index contributed by atoms with van der Waals surface area (Å²) in [6.45, 7) is 4.09. The SMILES string of the molecule is Cc1cc([C@H]2[C@H](c3ccccn3)NC(=S)N2c2ccc(O)cc2)c(C)n1-c1ccc(C(=O)O)cc1. The molecule has 8 heteroatoms. The van der Waals surface area contributed by atoms with Crippen LogP contribution in [0.15, 0.2) is 79.0 Å². The summed E-state index contributed by atoms with van der Waals surface area (Å²) < 4.78 is 2.12. The van der Waals surface area contributed by atoms with Crippen LogP contribution in [0.2, 0.25) is 0 Å². The summed E-state index contributed by atoms with van der Waals surface area (Å²) in [6.07, 6.45) is 1.77. The van der Waals surface area contributed by atoms with Crippen molar-refractivity contribution in [1.29, 1.82) is 0 Å². The second kappa shape index (κ2) is 8.88. The minimum Gasteiger partial charge on any atom is -0.508 e. The lowest BCUT2D eigenvalue weighted by Crippen LogP contribution is -2.29. The number of aromatic nitrogens is 2. The molecular formula is C27H24N4O3S. The fourth-order valence-corrected chi connectivity index (χ4v) is 5.15. The van der Waals surface area contributed by atoms with Crippen LogP contribution in [0.1, 0.15) is 45.1 Å². The molecule has 0 amide bonds. The first-order valence-corrected chi connectivity index (χ1v) is 11.6. The highest BCUT2D eigenvalue weighted by molar-refractivity contribution is 7.80. The van der Waals surface area contributed by atoms with Crippen molar-refractivity contribution in [1.82, 2.24) is 14.9 Å². The van der Waals surface area contributed by atoms with Crippen molar-refractivity contribution in [2.45, 2.75) is 25.9 Å². The van der Waals surface area contributed by atoms with E-state index in [2.05, 4.69) is 32.8 Å². The Morgan fingerprint density at radius 2 is 1.69 bits per heavy atom. The van der Waals surface area contributed by atoms with E-state index in [0.29, 0.717) is 5.11 Å². The van der Waals surface area contributed by atoms with E-state index in [0.717, 1.165) is 34.0 Å². The third-order valence-electron chi connectivity index (χ3n) is 6.39. The standard InChI is InChI=1S/C27H24N4O3S/c1-16-15-22(17(2)30(16)19-8-6-18(7-9-19)26(33)34)25-24(23-5-3-4-14-28-23)29-27(35)31(25)20-10-12-21(32)13-11-20/h3-15,24-25,32H,1-2H3,(H,29,35)(H,33,34)/t24-,25-/m0/s1. The monoisotopic (exact) mass is 484 g/mol. The Balaban J connectivity index is 1.65. The number of anilines is 1. The number of hydrogen-bond donors (Lipinski definition) is 3. The number of thiocarbonyl (C=S) groups is 1. The molecular weight excluding hydrogens is 460 g/mol. The molecule has 176 valence electrons. The van der Waals surface area contributed by atoms with Gasteiger partial charge in [-0.2, -0.15) is 0 Å². The van der Waals surface area contributed by atoms with Gasteiger partial charge in [-0.15, -0.1) is 0 Å². The highest BCUT2D eigenvalue weighted by Crippen LogP contribution is 2.43. The Kier molecular flexibility index (Phi) is 5.74. The van der Waals surface area contributed by atoms with Gasteiger partial charge in [-0.1, -0.05) is 6.07 Å². The van der Waals surface area contributed by atoms with Crippen LogP contribution in [0.5, 0.6) is 5.75 Å². The minimum absolute atomic E-state index is 0.188. The Hall–Kier alpha value is -4.17. The Bertz CT molecular complexity index is 1400. The van der Waals surface area contributed by atoms with E-state index >= 15 is 0 Å². The number of phenolic OH excluding ortho intramolecular Hbond substituents is 1. The second-order valence-electron chi connectivity index (χ2n) is 8.53. The van der Waals surface area contributed by atoms with Crippen LogP contribution in [0.3, 0.4) is 0 Å². The molecule has 1 fully saturated rings. The van der Waals surface area contributed by atoms with Crippen LogP contribution < -0.4 is 10.2 Å². The number of pyridine rings is 1. The van der Waals surface area contributed by atoms with Gasteiger partial charge in [0.1, 0.15) is 5.75 Å². The molecule has 5 rings (SSSR count). The van der Waals surface area contributed by atoms with Crippen molar-refractivity contribution in [2.75, 3.05) is 4.90 Å². The lowest BCUT2D eigenvalue weighted by molar-refractivity contribution is 0.0697. The summed E-state index contributed by atoms with van der Waals surface area (Å²) in [4.78, 5) is 18.0. The number of phenols is 1. The van der Waals surface area contributed by atoms with Crippen LogP contribution in [-0.2, 0) is 0 Å². The number of aromatic carboxylic acids is 1. The largest absolute Gasteiger partial charge is 0.508 e. The smallest absolute Gasteiger partial charge is 0.335 e. The molecule has 2 aromatic carbocycles. The first-order valence-electron chi connectivity index (χ1n) is 11.2. The second-order valence-corrected chi connectivity index (χ2v) is 8.91. The van der Waals surface area contributed by atoms with Gasteiger partial charge in [-0.25, -0.2) is 4.79 Å². The van der Waals surface area contributed by atoms with Gasteiger partial charge in [0.15, 0.2) is 5.11 Å². The number of aryl methyl sites for hydroxylation is 1. The van der Waals surface area contributed by atoms with Gasteiger partial charge in [0.2, 0.25) is 0 Å². The summed E-state index contributed by atoms with van der Waals surface area (Å²) in [5, 5.41) is 23.1. The molecule has 4 aromatic rings.